The molecule has 206 valence electrons. The number of anilines is 2. The Morgan fingerprint density at radius 3 is 2.27 bits per heavy atom. The van der Waals surface area contributed by atoms with Gasteiger partial charge >= 0.3 is 5.97 Å². The van der Waals surface area contributed by atoms with Crippen molar-refractivity contribution in [1.82, 2.24) is 0 Å². The normalized spacial score (nSPS) is 13.7. The Morgan fingerprint density at radius 2 is 1.62 bits per heavy atom. The van der Waals surface area contributed by atoms with Gasteiger partial charge in [-0.25, -0.2) is 4.79 Å². The van der Waals surface area contributed by atoms with Crippen molar-refractivity contribution in [2.75, 3.05) is 30.1 Å². The summed E-state index contributed by atoms with van der Waals surface area (Å²) in [7, 11) is 0. The fraction of sp³-hybridized carbons (Fsp3) is 0.200. The van der Waals surface area contributed by atoms with Crippen LogP contribution in [-0.2, 0) is 9.59 Å². The predicted molar refractivity (Wildman–Crippen MR) is 151 cm³/mol. The number of carboxylic acid groups (broad SMARTS) is 1. The third-order valence-corrected chi connectivity index (χ3v) is 5.81. The minimum Gasteiger partial charge on any atom is -0.494 e. The number of hydrogen-bond acceptors (Lipinski definition) is 7. The molecule has 0 unspecified atom stereocenters. The molecule has 1 aliphatic heterocycles. The maximum Gasteiger partial charge on any atom is 0.335 e. The Balaban J connectivity index is 1.44. The van der Waals surface area contributed by atoms with Gasteiger partial charge in [-0.2, -0.15) is 10.1 Å². The minimum atomic E-state index is -1.05. The van der Waals surface area contributed by atoms with Gasteiger partial charge in [0, 0.05) is 5.69 Å². The summed E-state index contributed by atoms with van der Waals surface area (Å²) in [5.41, 5.74) is 2.76. The number of amides is 2. The van der Waals surface area contributed by atoms with Crippen molar-refractivity contribution in [3.05, 3.63) is 83.4 Å². The van der Waals surface area contributed by atoms with Gasteiger partial charge < -0.3 is 24.6 Å². The molecule has 2 amide bonds. The molecular formula is C30H29N3O7. The maximum absolute atomic E-state index is 13.1. The van der Waals surface area contributed by atoms with E-state index < -0.39 is 5.97 Å². The fourth-order valence-electron chi connectivity index (χ4n) is 3.91. The fourth-order valence-corrected chi connectivity index (χ4v) is 3.91. The summed E-state index contributed by atoms with van der Waals surface area (Å²) in [6.07, 6.45) is 1.69. The first-order chi connectivity index (χ1) is 19.3. The van der Waals surface area contributed by atoms with Gasteiger partial charge in [0.25, 0.3) is 11.8 Å². The van der Waals surface area contributed by atoms with E-state index in [2.05, 4.69) is 10.4 Å². The summed E-state index contributed by atoms with van der Waals surface area (Å²) in [6.45, 7) is 6.15. The third-order valence-electron chi connectivity index (χ3n) is 5.81. The second-order valence-electron chi connectivity index (χ2n) is 8.65. The molecule has 10 nitrogen and oxygen atoms in total. The van der Waals surface area contributed by atoms with Crippen molar-refractivity contribution < 1.29 is 33.7 Å². The molecule has 0 aliphatic carbocycles. The SMILES string of the molecule is CCOc1ccc(NC(=O)COc2ccc(/C=C3/C(=O)N(c4ccc(C(=O)O)cc4)N=C3C)cc2OCC)cc1. The van der Waals surface area contributed by atoms with Crippen LogP contribution in [0.3, 0.4) is 0 Å². The van der Waals surface area contributed by atoms with E-state index in [1.165, 1.54) is 29.3 Å². The second-order valence-corrected chi connectivity index (χ2v) is 8.65. The molecule has 0 saturated heterocycles. The molecule has 0 atom stereocenters. The van der Waals surface area contributed by atoms with Crippen LogP contribution in [0.15, 0.2) is 77.4 Å². The van der Waals surface area contributed by atoms with E-state index in [-0.39, 0.29) is 24.0 Å². The minimum absolute atomic E-state index is 0.117. The smallest absolute Gasteiger partial charge is 0.335 e. The van der Waals surface area contributed by atoms with E-state index in [1.807, 2.05) is 13.8 Å². The molecule has 3 aromatic carbocycles. The third kappa shape index (κ3) is 6.65. The molecule has 1 heterocycles. The number of carboxylic acids is 1. The van der Waals surface area contributed by atoms with Crippen LogP contribution in [0.5, 0.6) is 17.2 Å². The summed E-state index contributed by atoms with van der Waals surface area (Å²) in [6, 6.07) is 18.1. The second kappa shape index (κ2) is 12.6. The van der Waals surface area contributed by atoms with E-state index in [0.29, 0.717) is 52.9 Å². The lowest BCUT2D eigenvalue weighted by atomic mass is 10.1. The van der Waals surface area contributed by atoms with Crippen LogP contribution < -0.4 is 24.5 Å². The lowest BCUT2D eigenvalue weighted by molar-refractivity contribution is -0.118. The highest BCUT2D eigenvalue weighted by Gasteiger charge is 2.29. The molecule has 0 fully saturated rings. The average molecular weight is 544 g/mol. The molecule has 0 radical (unpaired) electrons. The highest BCUT2D eigenvalue weighted by atomic mass is 16.5. The van der Waals surface area contributed by atoms with Crippen LogP contribution in [0.25, 0.3) is 6.08 Å². The summed E-state index contributed by atoms with van der Waals surface area (Å²) in [5.74, 6) is -0.204. The summed E-state index contributed by atoms with van der Waals surface area (Å²) >= 11 is 0. The molecule has 0 saturated carbocycles. The van der Waals surface area contributed by atoms with E-state index >= 15 is 0 Å². The van der Waals surface area contributed by atoms with Crippen molar-refractivity contribution in [3.8, 4) is 17.2 Å². The molecular weight excluding hydrogens is 514 g/mol. The summed E-state index contributed by atoms with van der Waals surface area (Å²) in [4.78, 5) is 36.7. The van der Waals surface area contributed by atoms with Crippen LogP contribution in [0, 0.1) is 0 Å². The van der Waals surface area contributed by atoms with Crippen LogP contribution >= 0.6 is 0 Å². The van der Waals surface area contributed by atoms with Crippen molar-refractivity contribution in [2.24, 2.45) is 5.10 Å². The van der Waals surface area contributed by atoms with Crippen LogP contribution in [0.1, 0.15) is 36.7 Å². The zero-order valence-corrected chi connectivity index (χ0v) is 22.3. The molecule has 0 aromatic heterocycles. The van der Waals surface area contributed by atoms with Crippen molar-refractivity contribution >= 4 is 40.9 Å². The van der Waals surface area contributed by atoms with Gasteiger partial charge in [-0.15, -0.1) is 0 Å². The lowest BCUT2D eigenvalue weighted by Gasteiger charge is -2.13. The Hall–Kier alpha value is -5.12. The van der Waals surface area contributed by atoms with Crippen molar-refractivity contribution in [3.63, 3.8) is 0 Å². The number of benzene rings is 3. The van der Waals surface area contributed by atoms with E-state index in [4.69, 9.17) is 19.3 Å². The Kier molecular flexibility index (Phi) is 8.80. The Morgan fingerprint density at radius 1 is 0.925 bits per heavy atom. The quantitative estimate of drug-likeness (QED) is 0.326. The van der Waals surface area contributed by atoms with E-state index in [0.717, 1.165) is 5.75 Å². The number of carbonyl (C=O) groups excluding carboxylic acids is 2. The number of nitrogens with zero attached hydrogens (tertiary/aromatic N) is 2. The highest BCUT2D eigenvalue weighted by Crippen LogP contribution is 2.31. The van der Waals surface area contributed by atoms with Crippen molar-refractivity contribution in [2.45, 2.75) is 20.8 Å². The Bertz CT molecular complexity index is 1460. The topological polar surface area (TPSA) is 127 Å². The average Bonchev–Trinajstić information content (AvgIpc) is 3.22. The van der Waals surface area contributed by atoms with Gasteiger partial charge in [-0.1, -0.05) is 6.07 Å². The number of rotatable bonds is 11. The van der Waals surface area contributed by atoms with E-state index in [1.54, 1.807) is 55.5 Å². The number of ether oxygens (including phenoxy) is 3. The van der Waals surface area contributed by atoms with E-state index in [9.17, 15) is 14.4 Å². The first kappa shape index (κ1) is 27.9. The standard InChI is InChI=1S/C30H29N3O7/c1-4-38-24-13-9-22(10-14-24)31-28(34)18-40-26-15-6-20(17-27(26)39-5-2)16-25-19(3)32-33(29(25)35)23-11-7-21(8-12-23)30(36)37/h6-17H,4-5,18H2,1-3H3,(H,31,34)(H,36,37)/b25-16+. The molecule has 1 aliphatic rings. The summed E-state index contributed by atoms with van der Waals surface area (Å²) in [5, 5.41) is 17.5. The molecule has 40 heavy (non-hydrogen) atoms. The molecule has 4 rings (SSSR count). The zero-order valence-electron chi connectivity index (χ0n) is 22.3. The van der Waals surface area contributed by atoms with Gasteiger partial charge in [0.1, 0.15) is 5.75 Å². The number of nitrogens with one attached hydrogen (secondary N) is 1. The van der Waals surface area contributed by atoms with Crippen LogP contribution in [-0.4, -0.2) is 48.4 Å². The predicted octanol–water partition coefficient (Wildman–Crippen LogP) is 5.01. The molecule has 10 heteroatoms. The highest BCUT2D eigenvalue weighted by molar-refractivity contribution is 6.32. The van der Waals surface area contributed by atoms with Gasteiger partial charge in [-0.05, 0) is 93.1 Å². The number of hydrazone groups is 1. The van der Waals surface area contributed by atoms with Crippen LogP contribution in [0.4, 0.5) is 11.4 Å². The van der Waals surface area contributed by atoms with Crippen molar-refractivity contribution in [1.29, 1.82) is 0 Å². The maximum atomic E-state index is 13.1. The lowest BCUT2D eigenvalue weighted by Crippen LogP contribution is -2.21. The number of aromatic carboxylic acids is 1. The molecule has 2 N–H and O–H groups in total. The monoisotopic (exact) mass is 543 g/mol. The largest absolute Gasteiger partial charge is 0.494 e. The zero-order chi connectivity index (χ0) is 28.6. The number of carbonyl (C=O) groups is 3. The number of hydrogen-bond donors (Lipinski definition) is 2. The first-order valence-corrected chi connectivity index (χ1v) is 12.7. The van der Waals surface area contributed by atoms with Gasteiger partial charge in [0.2, 0.25) is 0 Å². The summed E-state index contributed by atoms with van der Waals surface area (Å²) < 4.78 is 16.9. The van der Waals surface area contributed by atoms with Crippen LogP contribution in [0.2, 0.25) is 0 Å². The molecule has 0 bridgehead atoms. The molecule has 0 spiro atoms. The van der Waals surface area contributed by atoms with Gasteiger partial charge in [0.15, 0.2) is 18.1 Å². The van der Waals surface area contributed by atoms with Gasteiger partial charge in [-0.3, -0.25) is 9.59 Å². The molecule has 3 aromatic rings. The first-order valence-electron chi connectivity index (χ1n) is 12.7. The van der Waals surface area contributed by atoms with Gasteiger partial charge in [0.05, 0.1) is 35.7 Å². The Labute approximate surface area is 231 Å².